The fourth-order valence-electron chi connectivity index (χ4n) is 0.444. The van der Waals surface area contributed by atoms with E-state index < -0.39 is 0 Å². The summed E-state index contributed by atoms with van der Waals surface area (Å²) in [5, 5.41) is 0. The van der Waals surface area contributed by atoms with Gasteiger partial charge in [0.25, 0.3) is 0 Å². The lowest BCUT2D eigenvalue weighted by atomic mass is 10.4. The van der Waals surface area contributed by atoms with Crippen LogP contribution in [0.15, 0.2) is 25.7 Å². The van der Waals surface area contributed by atoms with Crippen LogP contribution in [0.4, 0.5) is 0 Å². The molecule has 0 aliphatic rings. The minimum atomic E-state index is -0.248. The Morgan fingerprint density at radius 1 is 1.38 bits per heavy atom. The highest BCUT2D eigenvalue weighted by Crippen LogP contribution is 1.93. The van der Waals surface area contributed by atoms with E-state index in [1.54, 1.807) is 6.92 Å². The zero-order valence-corrected chi connectivity index (χ0v) is 9.22. The van der Waals surface area contributed by atoms with Crippen LogP contribution < -0.4 is 0 Å². The van der Waals surface area contributed by atoms with E-state index in [9.17, 15) is 0 Å². The quantitative estimate of drug-likeness (QED) is 0.375. The van der Waals surface area contributed by atoms with Crippen molar-refractivity contribution in [3.63, 3.8) is 0 Å². The molecule has 3 heteroatoms. The average molecular weight is 207 g/mol. The van der Waals surface area contributed by atoms with Crippen molar-refractivity contribution in [1.29, 1.82) is 0 Å². The molecule has 13 heavy (non-hydrogen) atoms. The highest BCUT2D eigenvalue weighted by Gasteiger charge is 1.84. The molecule has 0 spiro atoms. The smallest absolute Gasteiger partial charge is 0.168 e. The Morgan fingerprint density at radius 2 is 2.00 bits per heavy atom. The first-order chi connectivity index (χ1) is 6.18. The van der Waals surface area contributed by atoms with Crippen molar-refractivity contribution >= 4 is 11.6 Å². The zero-order chi connectivity index (χ0) is 10.5. The molecule has 0 saturated heterocycles. The first-order valence-corrected chi connectivity index (χ1v) is 4.75. The predicted octanol–water partition coefficient (Wildman–Crippen LogP) is 3.68. The Morgan fingerprint density at radius 3 is 2.23 bits per heavy atom. The summed E-state index contributed by atoms with van der Waals surface area (Å²) in [5.41, 5.74) is -0.248. The molecule has 1 unspecified atom stereocenters. The van der Waals surface area contributed by atoms with Gasteiger partial charge in [0.15, 0.2) is 5.56 Å². The van der Waals surface area contributed by atoms with Gasteiger partial charge in [-0.3, -0.25) is 0 Å². The van der Waals surface area contributed by atoms with E-state index in [1.165, 1.54) is 18.9 Å². The molecular formula is C10H19ClO2. The van der Waals surface area contributed by atoms with Crippen molar-refractivity contribution in [1.82, 2.24) is 0 Å². The third kappa shape index (κ3) is 24.6. The zero-order valence-electron chi connectivity index (χ0n) is 8.46. The van der Waals surface area contributed by atoms with Gasteiger partial charge < -0.3 is 9.47 Å². The molecular weight excluding hydrogens is 188 g/mol. The van der Waals surface area contributed by atoms with Gasteiger partial charge in [0.05, 0.1) is 19.1 Å². The van der Waals surface area contributed by atoms with Gasteiger partial charge >= 0.3 is 0 Å². The summed E-state index contributed by atoms with van der Waals surface area (Å²) in [6, 6.07) is 0. The lowest BCUT2D eigenvalue weighted by molar-refractivity contribution is 0.234. The number of hydrogen-bond donors (Lipinski definition) is 0. The van der Waals surface area contributed by atoms with Crippen LogP contribution in [0.5, 0.6) is 0 Å². The molecule has 0 aromatic rings. The van der Waals surface area contributed by atoms with Gasteiger partial charge in [0.1, 0.15) is 0 Å². The Hall–Kier alpha value is -0.630. The van der Waals surface area contributed by atoms with Gasteiger partial charge in [-0.2, -0.15) is 0 Å². The highest BCUT2D eigenvalue weighted by molar-refractivity contribution is 6.19. The molecule has 1 atom stereocenters. The Bertz CT molecular complexity index is 113. The highest BCUT2D eigenvalue weighted by atomic mass is 35.5. The standard InChI is InChI=1S/C6H12O.C4H7ClO/c1-3-5-6-7-4-2;1-3-6-4(2)5/h4H,2-3,5-6H2,1H3;3-4H,1H2,2H3. The molecule has 0 radical (unpaired) electrons. The summed E-state index contributed by atoms with van der Waals surface area (Å²) < 4.78 is 9.41. The first kappa shape index (κ1) is 14.9. The average Bonchev–Trinajstić information content (AvgIpc) is 2.06. The summed E-state index contributed by atoms with van der Waals surface area (Å²) in [7, 11) is 0. The number of ether oxygens (including phenoxy) is 2. The summed E-state index contributed by atoms with van der Waals surface area (Å²) in [5.74, 6) is 0. The fourth-order valence-corrected chi connectivity index (χ4v) is 0.516. The Balaban J connectivity index is 0. The van der Waals surface area contributed by atoms with Gasteiger partial charge in [-0.05, 0) is 13.3 Å². The molecule has 0 N–H and O–H groups in total. The molecule has 0 aliphatic carbocycles. The molecule has 0 aromatic heterocycles. The molecule has 0 saturated carbocycles. The van der Waals surface area contributed by atoms with Crippen LogP contribution >= 0.6 is 11.6 Å². The van der Waals surface area contributed by atoms with E-state index in [0.717, 1.165) is 13.0 Å². The Labute approximate surface area is 86.2 Å². The molecule has 0 rings (SSSR count). The Kier molecular flexibility index (Phi) is 15.9. The minimum absolute atomic E-state index is 0.248. The second-order valence-corrected chi connectivity index (χ2v) is 2.85. The molecule has 2 nitrogen and oxygen atoms in total. The maximum absolute atomic E-state index is 5.28. The van der Waals surface area contributed by atoms with E-state index in [-0.39, 0.29) is 5.56 Å². The summed E-state index contributed by atoms with van der Waals surface area (Å²) in [4.78, 5) is 0. The SMILES string of the molecule is C=COC(C)Cl.C=COCCCC. The van der Waals surface area contributed by atoms with Crippen LogP contribution in [0.1, 0.15) is 26.7 Å². The second-order valence-electron chi connectivity index (χ2n) is 2.24. The normalized spacial score (nSPS) is 10.4. The van der Waals surface area contributed by atoms with Crippen LogP contribution in [0.25, 0.3) is 0 Å². The van der Waals surface area contributed by atoms with Crippen LogP contribution in [-0.4, -0.2) is 12.2 Å². The molecule has 0 aromatic carbocycles. The van der Waals surface area contributed by atoms with Gasteiger partial charge in [0.2, 0.25) is 0 Å². The minimum Gasteiger partial charge on any atom is -0.502 e. The molecule has 78 valence electrons. The predicted molar refractivity (Wildman–Crippen MR) is 57.7 cm³/mol. The third-order valence-corrected chi connectivity index (χ3v) is 1.12. The van der Waals surface area contributed by atoms with Gasteiger partial charge in [-0.1, -0.05) is 38.1 Å². The van der Waals surface area contributed by atoms with Crippen molar-refractivity contribution in [3.8, 4) is 0 Å². The first-order valence-electron chi connectivity index (χ1n) is 4.31. The molecule has 0 bridgehead atoms. The molecule has 0 fully saturated rings. The fraction of sp³-hybridized carbons (Fsp3) is 0.600. The van der Waals surface area contributed by atoms with Crippen LogP contribution in [0, 0.1) is 0 Å². The maximum atomic E-state index is 5.28. The number of unbranched alkanes of at least 4 members (excludes halogenated alkanes) is 1. The van der Waals surface area contributed by atoms with Gasteiger partial charge in [-0.25, -0.2) is 0 Å². The van der Waals surface area contributed by atoms with E-state index in [2.05, 4.69) is 24.8 Å². The molecule has 0 heterocycles. The molecule has 0 amide bonds. The molecule has 0 aliphatic heterocycles. The van der Waals surface area contributed by atoms with Crippen LogP contribution in [0.2, 0.25) is 0 Å². The van der Waals surface area contributed by atoms with Crippen molar-refractivity contribution < 1.29 is 9.47 Å². The monoisotopic (exact) mass is 206 g/mol. The summed E-state index contributed by atoms with van der Waals surface area (Å²) in [6.07, 6.45) is 5.12. The van der Waals surface area contributed by atoms with Gasteiger partial charge in [0, 0.05) is 0 Å². The lowest BCUT2D eigenvalue weighted by Gasteiger charge is -1.96. The van der Waals surface area contributed by atoms with Crippen molar-refractivity contribution in [3.05, 3.63) is 25.7 Å². The van der Waals surface area contributed by atoms with Crippen LogP contribution in [0.3, 0.4) is 0 Å². The van der Waals surface area contributed by atoms with Crippen molar-refractivity contribution in [2.75, 3.05) is 6.61 Å². The van der Waals surface area contributed by atoms with Crippen molar-refractivity contribution in [2.24, 2.45) is 0 Å². The van der Waals surface area contributed by atoms with E-state index in [1.807, 2.05) is 0 Å². The number of halogens is 1. The number of hydrogen-bond acceptors (Lipinski definition) is 2. The third-order valence-electron chi connectivity index (χ3n) is 1.02. The second kappa shape index (κ2) is 13.9. The largest absolute Gasteiger partial charge is 0.502 e. The lowest BCUT2D eigenvalue weighted by Crippen LogP contribution is -1.88. The maximum Gasteiger partial charge on any atom is 0.168 e. The van der Waals surface area contributed by atoms with Gasteiger partial charge in [-0.15, -0.1) is 0 Å². The number of alkyl halides is 1. The summed E-state index contributed by atoms with van der Waals surface area (Å²) in [6.45, 7) is 11.4. The topological polar surface area (TPSA) is 18.5 Å². The van der Waals surface area contributed by atoms with Crippen LogP contribution in [-0.2, 0) is 9.47 Å². The van der Waals surface area contributed by atoms with E-state index in [4.69, 9.17) is 16.3 Å². The number of rotatable bonds is 6. The van der Waals surface area contributed by atoms with E-state index in [0.29, 0.717) is 0 Å². The summed E-state index contributed by atoms with van der Waals surface area (Å²) >= 11 is 5.28. The van der Waals surface area contributed by atoms with E-state index >= 15 is 0 Å². The van der Waals surface area contributed by atoms with Crippen molar-refractivity contribution in [2.45, 2.75) is 32.3 Å².